The first-order valence-corrected chi connectivity index (χ1v) is 9.40. The number of likely N-dealkylation sites (tertiary alicyclic amines) is 1. The van der Waals surface area contributed by atoms with E-state index in [0.717, 1.165) is 13.1 Å². The Morgan fingerprint density at radius 3 is 2.19 bits per heavy atom. The van der Waals surface area contributed by atoms with Crippen LogP contribution in [0.1, 0.15) is 25.7 Å². The third-order valence-electron chi connectivity index (χ3n) is 3.61. The average molecular weight is 351 g/mol. The minimum atomic E-state index is -3.67. The van der Waals surface area contributed by atoms with E-state index >= 15 is 0 Å². The molecular weight excluding hydrogens is 331 g/mol. The zero-order valence-electron chi connectivity index (χ0n) is 11.8. The maximum absolute atomic E-state index is 12.3. The Hall–Kier alpha value is -0.330. The minimum Gasteiger partial charge on any atom is -0.302 e. The van der Waals surface area contributed by atoms with Crippen molar-refractivity contribution in [3.63, 3.8) is 0 Å². The van der Waals surface area contributed by atoms with E-state index in [1.54, 1.807) is 6.07 Å². The van der Waals surface area contributed by atoms with E-state index in [9.17, 15) is 8.42 Å². The van der Waals surface area contributed by atoms with Crippen LogP contribution in [0.15, 0.2) is 23.1 Å². The third kappa shape index (κ3) is 4.83. The smallest absolute Gasteiger partial charge is 0.243 e. The van der Waals surface area contributed by atoms with Crippen LogP contribution >= 0.6 is 23.2 Å². The highest BCUT2D eigenvalue weighted by molar-refractivity contribution is 7.89. The number of benzene rings is 1. The number of sulfonamides is 1. The summed E-state index contributed by atoms with van der Waals surface area (Å²) < 4.78 is 27.2. The van der Waals surface area contributed by atoms with Crippen LogP contribution in [0.2, 0.25) is 10.0 Å². The van der Waals surface area contributed by atoms with E-state index in [4.69, 9.17) is 23.2 Å². The summed E-state index contributed by atoms with van der Waals surface area (Å²) in [5.41, 5.74) is 0. The number of hydrogen-bond acceptors (Lipinski definition) is 3. The third-order valence-corrected chi connectivity index (χ3v) is 6.02. The highest BCUT2D eigenvalue weighted by Gasteiger charge is 2.21. The Kier molecular flexibility index (Phi) is 6.32. The summed E-state index contributed by atoms with van der Waals surface area (Å²) in [6.45, 7) is 3.15. The summed E-state index contributed by atoms with van der Waals surface area (Å²) in [5.74, 6) is 0. The molecule has 1 aliphatic rings. The molecule has 0 aliphatic carbocycles. The quantitative estimate of drug-likeness (QED) is 0.887. The summed E-state index contributed by atoms with van der Waals surface area (Å²) in [5, 5.41) is 0.287. The first-order valence-electron chi connectivity index (χ1n) is 7.17. The van der Waals surface area contributed by atoms with E-state index in [0.29, 0.717) is 13.1 Å². The Balaban J connectivity index is 1.95. The van der Waals surface area contributed by atoms with Crippen LogP contribution in [0.3, 0.4) is 0 Å². The van der Waals surface area contributed by atoms with Gasteiger partial charge in [-0.2, -0.15) is 0 Å². The molecule has 0 radical (unpaired) electrons. The van der Waals surface area contributed by atoms with Gasteiger partial charge in [-0.1, -0.05) is 42.1 Å². The van der Waals surface area contributed by atoms with Crippen LogP contribution in [0.5, 0.6) is 0 Å². The van der Waals surface area contributed by atoms with Crippen molar-refractivity contribution >= 4 is 33.2 Å². The lowest BCUT2D eigenvalue weighted by Gasteiger charge is -2.20. The predicted molar refractivity (Wildman–Crippen MR) is 86.6 cm³/mol. The van der Waals surface area contributed by atoms with Gasteiger partial charge in [-0.25, -0.2) is 13.1 Å². The summed E-state index contributed by atoms with van der Waals surface area (Å²) in [6.07, 6.45) is 4.89. The fourth-order valence-corrected chi connectivity index (χ4v) is 4.67. The number of rotatable bonds is 5. The van der Waals surface area contributed by atoms with Crippen molar-refractivity contribution < 1.29 is 8.42 Å². The van der Waals surface area contributed by atoms with Crippen LogP contribution in [0, 0.1) is 0 Å². The van der Waals surface area contributed by atoms with Gasteiger partial charge in [-0.3, -0.25) is 0 Å². The number of halogens is 2. The lowest BCUT2D eigenvalue weighted by atomic mass is 10.2. The summed E-state index contributed by atoms with van der Waals surface area (Å²) >= 11 is 11.9. The molecule has 1 heterocycles. The molecule has 21 heavy (non-hydrogen) atoms. The van der Waals surface area contributed by atoms with Gasteiger partial charge in [-0.05, 0) is 38.1 Å². The van der Waals surface area contributed by atoms with Gasteiger partial charge in [0.15, 0.2) is 0 Å². The SMILES string of the molecule is O=S(=O)(NCCN1CCCCCC1)c1c(Cl)cccc1Cl. The fraction of sp³-hybridized carbons (Fsp3) is 0.571. The molecule has 2 rings (SSSR count). The average Bonchev–Trinajstić information content (AvgIpc) is 2.66. The standard InChI is InChI=1S/C14H20Cl2N2O2S/c15-12-6-5-7-13(16)14(12)21(19,20)17-8-11-18-9-3-1-2-4-10-18/h5-7,17H,1-4,8-11H2. The second-order valence-corrected chi connectivity index (χ2v) is 7.72. The van der Waals surface area contributed by atoms with Crippen molar-refractivity contribution in [2.24, 2.45) is 0 Å². The van der Waals surface area contributed by atoms with E-state index in [-0.39, 0.29) is 14.9 Å². The van der Waals surface area contributed by atoms with Crippen LogP contribution in [-0.4, -0.2) is 39.5 Å². The predicted octanol–water partition coefficient (Wildman–Crippen LogP) is 3.15. The van der Waals surface area contributed by atoms with Crippen molar-refractivity contribution in [3.8, 4) is 0 Å². The lowest BCUT2D eigenvalue weighted by Crippen LogP contribution is -2.35. The maximum atomic E-state index is 12.3. The maximum Gasteiger partial charge on any atom is 0.243 e. The molecular formula is C14H20Cl2N2O2S. The molecule has 1 aromatic carbocycles. The Bertz CT molecular complexity index is 550. The summed E-state index contributed by atoms with van der Waals surface area (Å²) in [6, 6.07) is 4.68. The highest BCUT2D eigenvalue weighted by atomic mass is 35.5. The summed E-state index contributed by atoms with van der Waals surface area (Å²) in [4.78, 5) is 2.26. The fourth-order valence-electron chi connectivity index (χ4n) is 2.51. The Morgan fingerprint density at radius 2 is 1.62 bits per heavy atom. The van der Waals surface area contributed by atoms with Gasteiger partial charge in [0.2, 0.25) is 10.0 Å². The molecule has 4 nitrogen and oxygen atoms in total. The van der Waals surface area contributed by atoms with Crippen molar-refractivity contribution in [1.29, 1.82) is 0 Å². The normalized spacial score (nSPS) is 17.6. The van der Waals surface area contributed by atoms with Gasteiger partial charge < -0.3 is 4.90 Å². The molecule has 0 spiro atoms. The number of nitrogens with zero attached hydrogens (tertiary/aromatic N) is 1. The van der Waals surface area contributed by atoms with Gasteiger partial charge >= 0.3 is 0 Å². The highest BCUT2D eigenvalue weighted by Crippen LogP contribution is 2.28. The molecule has 0 amide bonds. The number of nitrogens with one attached hydrogen (secondary N) is 1. The molecule has 118 valence electrons. The monoisotopic (exact) mass is 350 g/mol. The molecule has 7 heteroatoms. The second-order valence-electron chi connectivity index (χ2n) is 5.20. The Morgan fingerprint density at radius 1 is 1.05 bits per heavy atom. The topological polar surface area (TPSA) is 49.4 Å². The molecule has 1 saturated heterocycles. The van der Waals surface area contributed by atoms with Gasteiger partial charge in [0.25, 0.3) is 0 Å². The summed E-state index contributed by atoms with van der Waals surface area (Å²) in [7, 11) is -3.67. The van der Waals surface area contributed by atoms with Crippen molar-refractivity contribution in [2.75, 3.05) is 26.2 Å². The van der Waals surface area contributed by atoms with Crippen LogP contribution in [0.25, 0.3) is 0 Å². The van der Waals surface area contributed by atoms with Crippen molar-refractivity contribution in [3.05, 3.63) is 28.2 Å². The van der Waals surface area contributed by atoms with Crippen LogP contribution in [0.4, 0.5) is 0 Å². The van der Waals surface area contributed by atoms with E-state index < -0.39 is 10.0 Å². The van der Waals surface area contributed by atoms with Crippen molar-refractivity contribution in [1.82, 2.24) is 9.62 Å². The van der Waals surface area contributed by atoms with Crippen LogP contribution in [-0.2, 0) is 10.0 Å². The second kappa shape index (κ2) is 7.79. The number of hydrogen-bond donors (Lipinski definition) is 1. The molecule has 0 bridgehead atoms. The minimum absolute atomic E-state index is 0.0378. The van der Waals surface area contributed by atoms with Crippen molar-refractivity contribution in [2.45, 2.75) is 30.6 Å². The first kappa shape index (κ1) is 17.0. The zero-order valence-corrected chi connectivity index (χ0v) is 14.1. The van der Waals surface area contributed by atoms with Gasteiger partial charge in [-0.15, -0.1) is 0 Å². The molecule has 1 N–H and O–H groups in total. The van der Waals surface area contributed by atoms with E-state index in [2.05, 4.69) is 9.62 Å². The van der Waals surface area contributed by atoms with Gasteiger partial charge in [0, 0.05) is 13.1 Å². The molecule has 0 unspecified atom stereocenters. The molecule has 0 aromatic heterocycles. The molecule has 1 fully saturated rings. The molecule has 1 aromatic rings. The van der Waals surface area contributed by atoms with Gasteiger partial charge in [0.1, 0.15) is 4.90 Å². The van der Waals surface area contributed by atoms with E-state index in [1.807, 2.05) is 0 Å². The molecule has 1 aliphatic heterocycles. The van der Waals surface area contributed by atoms with E-state index in [1.165, 1.54) is 37.8 Å². The molecule has 0 atom stereocenters. The zero-order chi connectivity index (χ0) is 15.3. The largest absolute Gasteiger partial charge is 0.302 e. The molecule has 0 saturated carbocycles. The first-order chi connectivity index (χ1) is 10.0. The lowest BCUT2D eigenvalue weighted by molar-refractivity contribution is 0.290. The Labute approximate surface area is 136 Å². The van der Waals surface area contributed by atoms with Gasteiger partial charge in [0.05, 0.1) is 10.0 Å². The van der Waals surface area contributed by atoms with Crippen LogP contribution < -0.4 is 4.72 Å².